The maximum atomic E-state index is 13.1. The van der Waals surface area contributed by atoms with Gasteiger partial charge in [0.25, 0.3) is 0 Å². The summed E-state index contributed by atoms with van der Waals surface area (Å²) < 4.78 is 13.1. The average molecular weight is 247 g/mol. The maximum absolute atomic E-state index is 13.1. The molecule has 0 aromatic heterocycles. The molecule has 1 aromatic rings. The molecule has 2 atom stereocenters. The van der Waals surface area contributed by atoms with Crippen molar-refractivity contribution in [3.63, 3.8) is 0 Å². The SMILES string of the molecule is CN(c1ccc(F)cc1C#N)C1CCCC1CN. The van der Waals surface area contributed by atoms with Crippen LogP contribution < -0.4 is 10.6 Å². The van der Waals surface area contributed by atoms with E-state index < -0.39 is 0 Å². The minimum absolute atomic E-state index is 0.354. The lowest BCUT2D eigenvalue weighted by molar-refractivity contribution is 0.474. The molecule has 0 heterocycles. The van der Waals surface area contributed by atoms with E-state index >= 15 is 0 Å². The van der Waals surface area contributed by atoms with Gasteiger partial charge in [-0.1, -0.05) is 6.42 Å². The molecule has 0 bridgehead atoms. The maximum Gasteiger partial charge on any atom is 0.124 e. The van der Waals surface area contributed by atoms with E-state index in [-0.39, 0.29) is 5.82 Å². The zero-order chi connectivity index (χ0) is 13.1. The Kier molecular flexibility index (Phi) is 3.83. The molecule has 0 saturated heterocycles. The van der Waals surface area contributed by atoms with Gasteiger partial charge in [-0.2, -0.15) is 5.26 Å². The Morgan fingerprint density at radius 3 is 2.94 bits per heavy atom. The molecule has 0 spiro atoms. The molecule has 0 amide bonds. The van der Waals surface area contributed by atoms with E-state index in [1.165, 1.54) is 18.6 Å². The minimum atomic E-state index is -0.370. The first kappa shape index (κ1) is 12.8. The first-order valence-corrected chi connectivity index (χ1v) is 6.30. The third kappa shape index (κ3) is 2.32. The number of nitrogens with zero attached hydrogens (tertiary/aromatic N) is 2. The van der Waals surface area contributed by atoms with Gasteiger partial charge in [-0.3, -0.25) is 0 Å². The number of nitriles is 1. The predicted molar refractivity (Wildman–Crippen MR) is 69.7 cm³/mol. The zero-order valence-corrected chi connectivity index (χ0v) is 10.6. The van der Waals surface area contributed by atoms with E-state index in [1.807, 2.05) is 7.05 Å². The summed E-state index contributed by atoms with van der Waals surface area (Å²) in [5.41, 5.74) is 6.97. The van der Waals surface area contributed by atoms with Gasteiger partial charge in [0.15, 0.2) is 0 Å². The second-order valence-corrected chi connectivity index (χ2v) is 4.88. The van der Waals surface area contributed by atoms with Crippen LogP contribution in [0.2, 0.25) is 0 Å². The molecular weight excluding hydrogens is 229 g/mol. The van der Waals surface area contributed by atoms with Crippen molar-refractivity contribution in [1.82, 2.24) is 0 Å². The predicted octanol–water partition coefficient (Wildman–Crippen LogP) is 2.26. The first-order chi connectivity index (χ1) is 8.67. The zero-order valence-electron chi connectivity index (χ0n) is 10.6. The molecule has 1 fully saturated rings. The Labute approximate surface area is 107 Å². The van der Waals surface area contributed by atoms with E-state index in [1.54, 1.807) is 6.07 Å². The molecule has 1 aliphatic rings. The standard InChI is InChI=1S/C14H18FN3/c1-18(13-4-2-3-10(13)8-16)14-6-5-12(15)7-11(14)9-17/h5-7,10,13H,2-4,8,16H2,1H3. The number of nitrogens with two attached hydrogens (primary N) is 1. The number of hydrogen-bond acceptors (Lipinski definition) is 3. The quantitative estimate of drug-likeness (QED) is 0.891. The van der Waals surface area contributed by atoms with Crippen molar-refractivity contribution in [2.24, 2.45) is 11.7 Å². The van der Waals surface area contributed by atoms with Crippen LogP contribution in [0.1, 0.15) is 24.8 Å². The van der Waals surface area contributed by atoms with Crippen LogP contribution in [0, 0.1) is 23.1 Å². The summed E-state index contributed by atoms with van der Waals surface area (Å²) in [5.74, 6) is 0.0945. The van der Waals surface area contributed by atoms with Crippen LogP contribution in [-0.2, 0) is 0 Å². The molecule has 18 heavy (non-hydrogen) atoms. The molecule has 1 aromatic carbocycles. The lowest BCUT2D eigenvalue weighted by atomic mass is 10.0. The lowest BCUT2D eigenvalue weighted by Crippen LogP contribution is -2.38. The summed E-state index contributed by atoms with van der Waals surface area (Å²) in [6.07, 6.45) is 3.38. The number of halogens is 1. The number of hydrogen-bond donors (Lipinski definition) is 1. The highest BCUT2D eigenvalue weighted by Crippen LogP contribution is 2.32. The minimum Gasteiger partial charge on any atom is -0.370 e. The largest absolute Gasteiger partial charge is 0.370 e. The summed E-state index contributed by atoms with van der Waals surface area (Å²) in [4.78, 5) is 2.09. The summed E-state index contributed by atoms with van der Waals surface area (Å²) >= 11 is 0. The Morgan fingerprint density at radius 2 is 2.28 bits per heavy atom. The molecule has 4 heteroatoms. The van der Waals surface area contributed by atoms with Gasteiger partial charge in [0.1, 0.15) is 11.9 Å². The second-order valence-electron chi connectivity index (χ2n) is 4.88. The van der Waals surface area contributed by atoms with Crippen LogP contribution in [0.25, 0.3) is 0 Å². The van der Waals surface area contributed by atoms with Crippen molar-refractivity contribution in [2.75, 3.05) is 18.5 Å². The van der Waals surface area contributed by atoms with Crippen molar-refractivity contribution >= 4 is 5.69 Å². The van der Waals surface area contributed by atoms with Gasteiger partial charge in [-0.25, -0.2) is 4.39 Å². The van der Waals surface area contributed by atoms with Crippen LogP contribution in [0.15, 0.2) is 18.2 Å². The summed E-state index contributed by atoms with van der Waals surface area (Å²) in [7, 11) is 1.97. The summed E-state index contributed by atoms with van der Waals surface area (Å²) in [6, 6.07) is 6.79. The molecule has 0 radical (unpaired) electrons. The van der Waals surface area contributed by atoms with E-state index in [0.29, 0.717) is 24.1 Å². The molecular formula is C14H18FN3. The van der Waals surface area contributed by atoms with Crippen molar-refractivity contribution < 1.29 is 4.39 Å². The third-order valence-electron chi connectivity index (χ3n) is 3.88. The summed E-state index contributed by atoms with van der Waals surface area (Å²) in [5, 5.41) is 9.09. The van der Waals surface area contributed by atoms with E-state index in [2.05, 4.69) is 11.0 Å². The Balaban J connectivity index is 2.28. The molecule has 2 N–H and O–H groups in total. The first-order valence-electron chi connectivity index (χ1n) is 6.30. The average Bonchev–Trinajstić information content (AvgIpc) is 2.86. The second kappa shape index (κ2) is 5.36. The molecule has 2 unspecified atom stereocenters. The highest BCUT2D eigenvalue weighted by atomic mass is 19.1. The Morgan fingerprint density at radius 1 is 1.50 bits per heavy atom. The van der Waals surface area contributed by atoms with Crippen molar-refractivity contribution in [2.45, 2.75) is 25.3 Å². The van der Waals surface area contributed by atoms with E-state index in [4.69, 9.17) is 11.0 Å². The van der Waals surface area contributed by atoms with Crippen LogP contribution in [-0.4, -0.2) is 19.6 Å². The van der Waals surface area contributed by atoms with Gasteiger partial charge < -0.3 is 10.6 Å². The monoisotopic (exact) mass is 247 g/mol. The lowest BCUT2D eigenvalue weighted by Gasteiger charge is -2.31. The van der Waals surface area contributed by atoms with Gasteiger partial charge in [0.05, 0.1) is 11.3 Å². The number of anilines is 1. The fourth-order valence-corrected chi connectivity index (χ4v) is 2.89. The van der Waals surface area contributed by atoms with Gasteiger partial charge in [0, 0.05) is 13.1 Å². The Bertz CT molecular complexity index is 467. The molecule has 96 valence electrons. The van der Waals surface area contributed by atoms with Gasteiger partial charge in [0.2, 0.25) is 0 Å². The van der Waals surface area contributed by atoms with Crippen molar-refractivity contribution in [3.8, 4) is 6.07 Å². The normalized spacial score (nSPS) is 22.8. The third-order valence-corrected chi connectivity index (χ3v) is 3.88. The fraction of sp³-hybridized carbons (Fsp3) is 0.500. The molecule has 1 aliphatic carbocycles. The van der Waals surface area contributed by atoms with Crippen molar-refractivity contribution in [3.05, 3.63) is 29.6 Å². The van der Waals surface area contributed by atoms with Gasteiger partial charge >= 0.3 is 0 Å². The van der Waals surface area contributed by atoms with Crippen LogP contribution in [0.5, 0.6) is 0 Å². The summed E-state index contributed by atoms with van der Waals surface area (Å²) in [6.45, 7) is 0.665. The van der Waals surface area contributed by atoms with Crippen LogP contribution >= 0.6 is 0 Å². The van der Waals surface area contributed by atoms with Crippen LogP contribution in [0.3, 0.4) is 0 Å². The Hall–Kier alpha value is -1.60. The smallest absolute Gasteiger partial charge is 0.124 e. The topological polar surface area (TPSA) is 53.0 Å². The van der Waals surface area contributed by atoms with E-state index in [0.717, 1.165) is 18.5 Å². The molecule has 0 aliphatic heterocycles. The number of rotatable bonds is 3. The fourth-order valence-electron chi connectivity index (χ4n) is 2.89. The molecule has 3 nitrogen and oxygen atoms in total. The van der Waals surface area contributed by atoms with Crippen molar-refractivity contribution in [1.29, 1.82) is 5.26 Å². The van der Waals surface area contributed by atoms with E-state index in [9.17, 15) is 4.39 Å². The molecule has 2 rings (SSSR count). The van der Waals surface area contributed by atoms with Gasteiger partial charge in [-0.05, 0) is 43.5 Å². The number of benzene rings is 1. The highest BCUT2D eigenvalue weighted by molar-refractivity contribution is 5.59. The van der Waals surface area contributed by atoms with Crippen LogP contribution in [0.4, 0.5) is 10.1 Å². The highest BCUT2D eigenvalue weighted by Gasteiger charge is 2.30. The van der Waals surface area contributed by atoms with Gasteiger partial charge in [-0.15, -0.1) is 0 Å². The molecule has 1 saturated carbocycles.